The van der Waals surface area contributed by atoms with Crippen molar-refractivity contribution in [1.29, 1.82) is 0 Å². The second-order valence-electron chi connectivity index (χ2n) is 35.5. The number of hydrogen-bond acceptors (Lipinski definition) is 19. The van der Waals surface area contributed by atoms with Crippen molar-refractivity contribution in [2.45, 2.75) is 387 Å². The quantitative estimate of drug-likeness (QED) is 0.0363. The number of benzene rings is 1. The van der Waals surface area contributed by atoms with Crippen molar-refractivity contribution in [3.8, 4) is 5.75 Å². The molecule has 1 aromatic carbocycles. The Kier molecular flexibility index (Phi) is 54.2. The van der Waals surface area contributed by atoms with Crippen LogP contribution in [0.4, 0.5) is 0 Å². The van der Waals surface area contributed by atoms with Crippen LogP contribution >= 0.6 is 0 Å². The van der Waals surface area contributed by atoms with E-state index in [1.807, 2.05) is 111 Å². The molecule has 0 spiro atoms. The standard InChI is InChI=1S/C89H162N18O15/c1-18-40-87(41-19-2,84(120)102-68(50-56(7)8)78(114)99-67(35-27-31-49-93)77(113)98-66(34-26-30-48-92)76(112)97-65(33-25-29-47-91)75(111)96-64(74(94)110)32-24-28-46-90)105-81(117)71(53-59(13)14)100-79(115)69(51-57(9)10)103-85(121)88(42-20-3,43-21-4)106-82(118)72(54-60(15)16)101-80(116)70(52-58(11)12)104-86(122)89(44-22-5,45-23-6)107-83(119)73(95-61(17)108)55-62-36-38-63(109)39-37-62/h36-39,56-60,64-73,109H,18-35,40-55,90-93H2,1-17H3,(H2,94,110)(H,95,108)(H,96,111)(H,97,112)(H,98,113)(H,99,114)(H,100,115)(H,101,116)(H,102,120)(H,103,121)(H,104,122)(H,105,117)(H,106,118)(H,107,119)/t64-,65-,66-,67-,68-,69-,70-,71-,72-,73-/m0/s1. The van der Waals surface area contributed by atoms with Gasteiger partial charge in [-0.3, -0.25) is 67.1 Å². The fourth-order valence-corrected chi connectivity index (χ4v) is 15.6. The van der Waals surface area contributed by atoms with Gasteiger partial charge in [0.15, 0.2) is 0 Å². The summed E-state index contributed by atoms with van der Waals surface area (Å²) in [7, 11) is 0. The molecular weight excluding hydrogens is 1560 g/mol. The van der Waals surface area contributed by atoms with Gasteiger partial charge in [0.1, 0.15) is 82.8 Å². The van der Waals surface area contributed by atoms with Crippen molar-refractivity contribution in [2.75, 3.05) is 26.2 Å². The molecule has 10 atom stereocenters. The van der Waals surface area contributed by atoms with Crippen LogP contribution in [0.1, 0.15) is 309 Å². The van der Waals surface area contributed by atoms with Gasteiger partial charge in [-0.1, -0.05) is 161 Å². The smallest absolute Gasteiger partial charge is 0.246 e. The molecule has 0 radical (unpaired) electrons. The minimum Gasteiger partial charge on any atom is -0.508 e. The van der Waals surface area contributed by atoms with Gasteiger partial charge in [-0.2, -0.15) is 0 Å². The Bertz CT molecular complexity index is 3360. The van der Waals surface area contributed by atoms with E-state index >= 15 is 28.8 Å². The van der Waals surface area contributed by atoms with Crippen molar-refractivity contribution in [2.24, 2.45) is 58.3 Å². The number of phenols is 1. The lowest BCUT2D eigenvalue weighted by Gasteiger charge is -2.38. The number of rotatable bonds is 66. The molecule has 0 bridgehead atoms. The van der Waals surface area contributed by atoms with Crippen molar-refractivity contribution >= 4 is 82.7 Å². The van der Waals surface area contributed by atoms with Gasteiger partial charge in [0, 0.05) is 13.3 Å². The number of primary amides is 1. The number of phenolic OH excluding ortho intramolecular Hbond substituents is 1. The van der Waals surface area contributed by atoms with Crippen molar-refractivity contribution < 1.29 is 72.2 Å². The van der Waals surface area contributed by atoms with E-state index < -0.39 is 160 Å². The van der Waals surface area contributed by atoms with E-state index in [0.717, 1.165) is 0 Å². The molecule has 0 heterocycles. The van der Waals surface area contributed by atoms with E-state index in [2.05, 4.69) is 69.1 Å². The van der Waals surface area contributed by atoms with Gasteiger partial charge in [-0.05, 0) is 221 Å². The second kappa shape index (κ2) is 59.3. The topological polar surface area (TPSA) is 546 Å². The fraction of sp³-hybridized carbons (Fsp3) is 0.775. The molecule has 33 heteroatoms. The normalized spacial score (nSPS) is 14.3. The number of carbonyl (C=O) groups is 14. The summed E-state index contributed by atoms with van der Waals surface area (Å²) in [4.78, 5) is 204. The molecule has 0 aliphatic carbocycles. The second-order valence-corrected chi connectivity index (χ2v) is 35.5. The largest absolute Gasteiger partial charge is 0.508 e. The molecule has 1 aromatic rings. The molecule has 14 amide bonds. The monoisotopic (exact) mass is 1720 g/mol. The van der Waals surface area contributed by atoms with Crippen LogP contribution in [0.2, 0.25) is 0 Å². The first kappa shape index (κ1) is 111. The first-order chi connectivity index (χ1) is 57.6. The first-order valence-electron chi connectivity index (χ1n) is 45.5. The number of hydrogen-bond donors (Lipinski definition) is 19. The highest BCUT2D eigenvalue weighted by molar-refractivity contribution is 6.02. The molecule has 24 N–H and O–H groups in total. The molecule has 0 fully saturated rings. The average molecular weight is 1720 g/mol. The number of amides is 14. The zero-order valence-corrected chi connectivity index (χ0v) is 77.1. The summed E-state index contributed by atoms with van der Waals surface area (Å²) in [6.07, 6.45) is 7.84. The molecule has 0 aliphatic heterocycles. The summed E-state index contributed by atoms with van der Waals surface area (Å²) in [6.45, 7) is 32.2. The maximum atomic E-state index is 15.5. The van der Waals surface area contributed by atoms with Crippen LogP contribution in [0.5, 0.6) is 5.75 Å². The number of carbonyl (C=O) groups excluding carboxylic acids is 14. The minimum atomic E-state index is -1.67. The lowest BCUT2D eigenvalue weighted by Crippen LogP contribution is -2.67. The zero-order valence-electron chi connectivity index (χ0n) is 77.1. The highest BCUT2D eigenvalue weighted by atomic mass is 16.3. The number of nitrogens with one attached hydrogen (secondary N) is 13. The van der Waals surface area contributed by atoms with E-state index in [1.54, 1.807) is 12.1 Å². The molecule has 0 aromatic heterocycles. The Hall–Kier alpha value is -8.56. The van der Waals surface area contributed by atoms with Gasteiger partial charge in [0.2, 0.25) is 82.7 Å². The van der Waals surface area contributed by atoms with Crippen molar-refractivity contribution in [1.82, 2.24) is 69.1 Å². The van der Waals surface area contributed by atoms with Crippen LogP contribution in [-0.2, 0) is 73.5 Å². The molecule has 0 aliphatic rings. The maximum absolute atomic E-state index is 15.5. The minimum absolute atomic E-state index is 0.0157. The van der Waals surface area contributed by atoms with Gasteiger partial charge >= 0.3 is 0 Å². The van der Waals surface area contributed by atoms with E-state index in [9.17, 15) is 43.5 Å². The zero-order chi connectivity index (χ0) is 92.5. The van der Waals surface area contributed by atoms with E-state index in [1.165, 1.54) is 19.1 Å². The van der Waals surface area contributed by atoms with Gasteiger partial charge in [-0.15, -0.1) is 0 Å². The summed E-state index contributed by atoms with van der Waals surface area (Å²) in [5, 5.41) is 47.7. The molecule has 0 saturated heterocycles. The summed E-state index contributed by atoms with van der Waals surface area (Å²) < 4.78 is 0. The number of aromatic hydroxyl groups is 1. The third-order valence-electron chi connectivity index (χ3n) is 21.5. The highest BCUT2D eigenvalue weighted by Gasteiger charge is 2.47. The predicted octanol–water partition coefficient (Wildman–Crippen LogP) is 5.40. The van der Waals surface area contributed by atoms with Crippen LogP contribution in [0.15, 0.2) is 24.3 Å². The highest BCUT2D eigenvalue weighted by Crippen LogP contribution is 2.28. The molecule has 0 saturated carbocycles. The van der Waals surface area contributed by atoms with Crippen LogP contribution < -0.4 is 97.8 Å². The molecule has 1 rings (SSSR count). The lowest BCUT2D eigenvalue weighted by molar-refractivity contribution is -0.140. The predicted molar refractivity (Wildman–Crippen MR) is 477 cm³/mol. The molecule has 0 unspecified atom stereocenters. The average Bonchev–Trinajstić information content (AvgIpc) is 0.812. The SMILES string of the molecule is CCCC(CCC)(NC(=O)[C@H](Cc1ccc(O)cc1)NC(C)=O)C(=O)N[C@@H](CC(C)C)C(=O)N[C@@H](CC(C)C)C(=O)NC(CCC)(CCC)C(=O)N[C@@H](CC(C)C)C(=O)N[C@@H](CC(C)C)C(=O)NC(CCC)(CCC)C(=O)N[C@@H](CC(C)C)C(=O)N[C@@H](CCCCN)C(=O)N[C@@H](CCCCN)C(=O)N[C@@H](CCCCN)C(=O)N[C@@H](CCCCN)C(N)=O. The summed E-state index contributed by atoms with van der Waals surface area (Å²) in [5.41, 5.74) is 24.7. The van der Waals surface area contributed by atoms with Gasteiger partial charge < -0.3 is 103 Å². The first-order valence-corrected chi connectivity index (χ1v) is 45.5. The van der Waals surface area contributed by atoms with E-state index in [0.29, 0.717) is 109 Å². The van der Waals surface area contributed by atoms with E-state index in [4.69, 9.17) is 28.7 Å². The molecule has 122 heavy (non-hydrogen) atoms. The maximum Gasteiger partial charge on any atom is 0.246 e. The Balaban J connectivity index is 3.92. The number of nitrogens with two attached hydrogens (primary N) is 5. The third kappa shape index (κ3) is 40.8. The van der Waals surface area contributed by atoms with Crippen LogP contribution in [-0.4, -0.2) is 191 Å². The van der Waals surface area contributed by atoms with Crippen LogP contribution in [0.25, 0.3) is 0 Å². The lowest BCUT2D eigenvalue weighted by atomic mass is 9.85. The van der Waals surface area contributed by atoms with Gasteiger partial charge in [0.25, 0.3) is 0 Å². The summed E-state index contributed by atoms with van der Waals surface area (Å²) in [5.74, 6) is -10.5. The third-order valence-corrected chi connectivity index (χ3v) is 21.5. The summed E-state index contributed by atoms with van der Waals surface area (Å²) >= 11 is 0. The van der Waals surface area contributed by atoms with Crippen molar-refractivity contribution in [3.05, 3.63) is 29.8 Å². The number of unbranched alkanes of at least 4 members (excludes halogenated alkanes) is 4. The fourth-order valence-electron chi connectivity index (χ4n) is 15.6. The van der Waals surface area contributed by atoms with Crippen LogP contribution in [0.3, 0.4) is 0 Å². The molecular formula is C89H162N18O15. The Morgan fingerprint density at radius 3 is 0.754 bits per heavy atom. The molecule has 698 valence electrons. The Morgan fingerprint density at radius 2 is 0.525 bits per heavy atom. The van der Waals surface area contributed by atoms with E-state index in [-0.39, 0.29) is 151 Å². The Morgan fingerprint density at radius 1 is 0.303 bits per heavy atom. The van der Waals surface area contributed by atoms with Gasteiger partial charge in [-0.25, -0.2) is 0 Å². The summed E-state index contributed by atoms with van der Waals surface area (Å²) in [6, 6.07) is -5.98. The van der Waals surface area contributed by atoms with Gasteiger partial charge in [0.05, 0.1) is 0 Å². The van der Waals surface area contributed by atoms with Crippen LogP contribution in [0, 0.1) is 29.6 Å². The molecule has 33 nitrogen and oxygen atoms in total. The Labute approximate surface area is 728 Å². The van der Waals surface area contributed by atoms with Crippen molar-refractivity contribution in [3.63, 3.8) is 0 Å².